The molecule has 0 amide bonds. The maximum atomic E-state index is 6.21. The Balaban J connectivity index is 2.70. The van der Waals surface area contributed by atoms with Gasteiger partial charge in [0.1, 0.15) is 5.82 Å². The Hall–Kier alpha value is -1.75. The van der Waals surface area contributed by atoms with Crippen LogP contribution in [0.2, 0.25) is 0 Å². The first kappa shape index (κ1) is 15.6. The molecule has 1 aromatic heterocycles. The van der Waals surface area contributed by atoms with Crippen LogP contribution in [0.25, 0.3) is 11.0 Å². The average molecular weight is 291 g/mol. The minimum absolute atomic E-state index is 0.315. The van der Waals surface area contributed by atoms with Gasteiger partial charge in [0.15, 0.2) is 11.5 Å². The molecule has 0 saturated heterocycles. The quantitative estimate of drug-likeness (QED) is 0.920. The lowest BCUT2D eigenvalue weighted by Crippen LogP contribution is -2.37. The molecule has 0 aliphatic rings. The number of hydrogen-bond acceptors (Lipinski definition) is 4. The van der Waals surface area contributed by atoms with Crippen molar-refractivity contribution in [2.24, 2.45) is 5.73 Å². The second kappa shape index (κ2) is 5.56. The van der Waals surface area contributed by atoms with E-state index >= 15 is 0 Å². The van der Waals surface area contributed by atoms with Crippen molar-refractivity contribution in [1.29, 1.82) is 0 Å². The Kier molecular flexibility index (Phi) is 4.14. The van der Waals surface area contributed by atoms with E-state index in [1.165, 1.54) is 0 Å². The Labute approximate surface area is 126 Å². The van der Waals surface area contributed by atoms with Gasteiger partial charge in [-0.25, -0.2) is 4.98 Å². The van der Waals surface area contributed by atoms with Gasteiger partial charge in [0, 0.05) is 30.1 Å². The summed E-state index contributed by atoms with van der Waals surface area (Å²) in [6.07, 6.45) is 0. The third kappa shape index (κ3) is 3.13. The van der Waals surface area contributed by atoms with Crippen molar-refractivity contribution in [3.63, 3.8) is 0 Å². The second-order valence-corrected chi connectivity index (χ2v) is 6.40. The first-order chi connectivity index (χ1) is 9.76. The smallest absolute Gasteiger partial charge is 0.163 e. The van der Waals surface area contributed by atoms with Crippen molar-refractivity contribution in [1.82, 2.24) is 9.55 Å². The van der Waals surface area contributed by atoms with E-state index in [9.17, 15) is 0 Å². The zero-order valence-corrected chi connectivity index (χ0v) is 13.7. The molecule has 2 aromatic rings. The summed E-state index contributed by atoms with van der Waals surface area (Å²) >= 11 is 0. The molecule has 1 heterocycles. The van der Waals surface area contributed by atoms with Gasteiger partial charge in [0.05, 0.1) is 25.3 Å². The Bertz CT molecular complexity index is 639. The van der Waals surface area contributed by atoms with E-state index in [-0.39, 0.29) is 5.54 Å². The minimum atomic E-state index is -0.315. The highest BCUT2D eigenvalue weighted by Crippen LogP contribution is 2.34. The molecule has 0 aliphatic carbocycles. The van der Waals surface area contributed by atoms with Crippen LogP contribution in [-0.4, -0.2) is 29.3 Å². The molecule has 5 nitrogen and oxygen atoms in total. The van der Waals surface area contributed by atoms with Crippen molar-refractivity contribution in [3.05, 3.63) is 18.0 Å². The number of nitrogens with zero attached hydrogens (tertiary/aromatic N) is 2. The van der Waals surface area contributed by atoms with Crippen LogP contribution in [0, 0.1) is 0 Å². The predicted molar refractivity (Wildman–Crippen MR) is 85.2 cm³/mol. The lowest BCUT2D eigenvalue weighted by atomic mass is 10.1. The maximum Gasteiger partial charge on any atom is 0.163 e. The number of methoxy groups -OCH3 is 2. The molecule has 0 fully saturated rings. The van der Waals surface area contributed by atoms with Gasteiger partial charge < -0.3 is 19.8 Å². The minimum Gasteiger partial charge on any atom is -0.493 e. The SMILES string of the molecule is COc1cc2nc(C(C)C)n(CC(C)(C)N)c2cc1OC. The number of aromatic nitrogens is 2. The molecule has 0 unspecified atom stereocenters. The van der Waals surface area contributed by atoms with E-state index in [1.807, 2.05) is 26.0 Å². The fourth-order valence-corrected chi connectivity index (χ4v) is 2.48. The maximum absolute atomic E-state index is 6.21. The van der Waals surface area contributed by atoms with Crippen LogP contribution in [0.15, 0.2) is 12.1 Å². The normalized spacial score (nSPS) is 12.2. The standard InChI is InChI=1S/C16H25N3O2/c1-10(2)15-18-11-7-13(20-5)14(21-6)8-12(11)19(15)9-16(3,4)17/h7-8,10H,9,17H2,1-6H3. The topological polar surface area (TPSA) is 62.3 Å². The Morgan fingerprint density at radius 1 is 1.19 bits per heavy atom. The van der Waals surface area contributed by atoms with Gasteiger partial charge in [-0.15, -0.1) is 0 Å². The molecular weight excluding hydrogens is 266 g/mol. The molecule has 0 radical (unpaired) electrons. The van der Waals surface area contributed by atoms with E-state index in [1.54, 1.807) is 14.2 Å². The number of ether oxygens (including phenoxy) is 2. The van der Waals surface area contributed by atoms with Gasteiger partial charge >= 0.3 is 0 Å². The first-order valence-corrected chi connectivity index (χ1v) is 7.18. The van der Waals surface area contributed by atoms with Crippen LogP contribution in [-0.2, 0) is 6.54 Å². The highest BCUT2D eigenvalue weighted by Gasteiger charge is 2.21. The lowest BCUT2D eigenvalue weighted by Gasteiger charge is -2.22. The zero-order valence-electron chi connectivity index (χ0n) is 13.7. The van der Waals surface area contributed by atoms with Crippen molar-refractivity contribution in [2.75, 3.05) is 14.2 Å². The molecule has 116 valence electrons. The first-order valence-electron chi connectivity index (χ1n) is 7.18. The molecule has 0 atom stereocenters. The molecular formula is C16H25N3O2. The summed E-state index contributed by atoms with van der Waals surface area (Å²) in [5.74, 6) is 2.74. The summed E-state index contributed by atoms with van der Waals surface area (Å²) < 4.78 is 12.9. The largest absolute Gasteiger partial charge is 0.493 e. The van der Waals surface area contributed by atoms with Gasteiger partial charge in [0.2, 0.25) is 0 Å². The van der Waals surface area contributed by atoms with E-state index in [0.717, 1.165) is 16.9 Å². The summed E-state index contributed by atoms with van der Waals surface area (Å²) in [4.78, 5) is 4.75. The van der Waals surface area contributed by atoms with Crippen LogP contribution in [0.3, 0.4) is 0 Å². The van der Waals surface area contributed by atoms with E-state index < -0.39 is 0 Å². The molecule has 1 aromatic carbocycles. The summed E-state index contributed by atoms with van der Waals surface area (Å²) in [5.41, 5.74) is 7.82. The molecule has 2 rings (SSSR count). The number of nitrogens with two attached hydrogens (primary N) is 1. The number of fused-ring (bicyclic) bond motifs is 1. The number of benzene rings is 1. The molecule has 0 aliphatic heterocycles. The average Bonchev–Trinajstić information content (AvgIpc) is 2.73. The van der Waals surface area contributed by atoms with Crippen LogP contribution in [0.1, 0.15) is 39.4 Å². The molecule has 21 heavy (non-hydrogen) atoms. The molecule has 2 N–H and O–H groups in total. The third-order valence-corrected chi connectivity index (χ3v) is 3.37. The second-order valence-electron chi connectivity index (χ2n) is 6.40. The lowest BCUT2D eigenvalue weighted by molar-refractivity contribution is 0.355. The number of hydrogen-bond donors (Lipinski definition) is 1. The van der Waals surface area contributed by atoms with Gasteiger partial charge in [-0.3, -0.25) is 0 Å². The fraction of sp³-hybridized carbons (Fsp3) is 0.562. The Morgan fingerprint density at radius 3 is 2.24 bits per heavy atom. The van der Waals surface area contributed by atoms with Crippen molar-refractivity contribution >= 4 is 11.0 Å². The molecule has 0 spiro atoms. The van der Waals surface area contributed by atoms with E-state index in [2.05, 4.69) is 18.4 Å². The molecule has 5 heteroatoms. The van der Waals surface area contributed by atoms with Gasteiger partial charge in [-0.05, 0) is 13.8 Å². The summed E-state index contributed by atoms with van der Waals surface area (Å²) in [7, 11) is 3.27. The highest BCUT2D eigenvalue weighted by atomic mass is 16.5. The summed E-state index contributed by atoms with van der Waals surface area (Å²) in [6.45, 7) is 9.01. The zero-order chi connectivity index (χ0) is 15.8. The number of rotatable bonds is 5. The number of imidazole rings is 1. The van der Waals surface area contributed by atoms with Crippen LogP contribution in [0.5, 0.6) is 11.5 Å². The monoisotopic (exact) mass is 291 g/mol. The van der Waals surface area contributed by atoms with Gasteiger partial charge in [0.25, 0.3) is 0 Å². The van der Waals surface area contributed by atoms with Crippen molar-refractivity contribution in [2.45, 2.75) is 45.7 Å². The van der Waals surface area contributed by atoms with Crippen molar-refractivity contribution < 1.29 is 9.47 Å². The van der Waals surface area contributed by atoms with Crippen molar-refractivity contribution in [3.8, 4) is 11.5 Å². The summed E-state index contributed by atoms with van der Waals surface area (Å²) in [5, 5.41) is 0. The highest BCUT2D eigenvalue weighted by molar-refractivity contribution is 5.81. The molecule has 0 bridgehead atoms. The Morgan fingerprint density at radius 2 is 1.76 bits per heavy atom. The molecule has 0 saturated carbocycles. The van der Waals surface area contributed by atoms with Crippen LogP contribution >= 0.6 is 0 Å². The van der Waals surface area contributed by atoms with Gasteiger partial charge in [-0.2, -0.15) is 0 Å². The van der Waals surface area contributed by atoms with Crippen LogP contribution in [0.4, 0.5) is 0 Å². The summed E-state index contributed by atoms with van der Waals surface area (Å²) in [6, 6.07) is 3.89. The van der Waals surface area contributed by atoms with E-state index in [4.69, 9.17) is 20.2 Å². The van der Waals surface area contributed by atoms with Gasteiger partial charge in [-0.1, -0.05) is 13.8 Å². The van der Waals surface area contributed by atoms with Crippen LogP contribution < -0.4 is 15.2 Å². The third-order valence-electron chi connectivity index (χ3n) is 3.37. The predicted octanol–water partition coefficient (Wildman–Crippen LogP) is 2.91. The van der Waals surface area contributed by atoms with E-state index in [0.29, 0.717) is 24.0 Å². The fourth-order valence-electron chi connectivity index (χ4n) is 2.48.